The van der Waals surface area contributed by atoms with Gasteiger partial charge in [0.05, 0.1) is 0 Å². The number of urea groups is 1. The van der Waals surface area contributed by atoms with Crippen molar-refractivity contribution in [3.8, 4) is 0 Å². The molecule has 2 heterocycles. The fraction of sp³-hybridized carbons (Fsp3) is 0.529. The Bertz CT molecular complexity index is 617. The Hall–Kier alpha value is -2.24. The van der Waals surface area contributed by atoms with Gasteiger partial charge in [-0.05, 0) is 37.0 Å². The number of amides is 3. The molecule has 0 spiro atoms. The maximum Gasteiger partial charge on any atom is 0.318 e. The van der Waals surface area contributed by atoms with Gasteiger partial charge in [-0.2, -0.15) is 0 Å². The van der Waals surface area contributed by atoms with E-state index >= 15 is 0 Å². The third kappa shape index (κ3) is 3.25. The highest BCUT2D eigenvalue weighted by Gasteiger charge is 2.29. The summed E-state index contributed by atoms with van der Waals surface area (Å²) in [6.45, 7) is 4.40. The molecule has 3 rings (SSSR count). The minimum atomic E-state index is -0.416. The number of nitrogens with one attached hydrogen (secondary N) is 2. The Morgan fingerprint density at radius 2 is 2.22 bits per heavy atom. The van der Waals surface area contributed by atoms with Crippen molar-refractivity contribution in [1.29, 1.82) is 0 Å². The van der Waals surface area contributed by atoms with Crippen molar-refractivity contribution in [3.05, 3.63) is 29.3 Å². The molecule has 3 amide bonds. The Labute approximate surface area is 136 Å². The Kier molecular flexibility index (Phi) is 4.41. The molecule has 0 aromatic heterocycles. The van der Waals surface area contributed by atoms with Crippen molar-refractivity contribution < 1.29 is 9.59 Å². The summed E-state index contributed by atoms with van der Waals surface area (Å²) in [5.41, 5.74) is 3.73. The second kappa shape index (κ2) is 6.48. The van der Waals surface area contributed by atoms with Crippen LogP contribution in [0.2, 0.25) is 0 Å². The summed E-state index contributed by atoms with van der Waals surface area (Å²) in [6.07, 6.45) is 2.25. The highest BCUT2D eigenvalue weighted by atomic mass is 16.2. The van der Waals surface area contributed by atoms with Crippen LogP contribution in [-0.4, -0.2) is 49.6 Å². The van der Waals surface area contributed by atoms with Gasteiger partial charge in [0, 0.05) is 38.9 Å². The summed E-state index contributed by atoms with van der Waals surface area (Å²) in [7, 11) is 2.11. The van der Waals surface area contributed by atoms with E-state index in [1.54, 1.807) is 11.8 Å². The Morgan fingerprint density at radius 3 is 3.04 bits per heavy atom. The van der Waals surface area contributed by atoms with Crippen LogP contribution in [0.4, 0.5) is 10.5 Å². The number of benzene rings is 1. The van der Waals surface area contributed by atoms with Crippen LogP contribution in [-0.2, 0) is 17.8 Å². The van der Waals surface area contributed by atoms with Gasteiger partial charge in [-0.25, -0.2) is 4.79 Å². The summed E-state index contributed by atoms with van der Waals surface area (Å²) >= 11 is 0. The molecular weight excluding hydrogens is 292 g/mol. The molecule has 0 radical (unpaired) electrons. The molecule has 1 aromatic carbocycles. The zero-order valence-corrected chi connectivity index (χ0v) is 13.8. The summed E-state index contributed by atoms with van der Waals surface area (Å²) in [4.78, 5) is 27.8. The van der Waals surface area contributed by atoms with Crippen LogP contribution in [0.15, 0.2) is 18.2 Å². The molecule has 1 fully saturated rings. The zero-order valence-electron chi connectivity index (χ0n) is 13.8. The van der Waals surface area contributed by atoms with Gasteiger partial charge >= 0.3 is 6.03 Å². The first-order valence-electron chi connectivity index (χ1n) is 8.21. The molecule has 2 N–H and O–H groups in total. The van der Waals surface area contributed by atoms with Crippen molar-refractivity contribution in [3.63, 3.8) is 0 Å². The normalized spacial score (nSPS) is 20.8. The first-order chi connectivity index (χ1) is 11.1. The number of piperazine rings is 1. The van der Waals surface area contributed by atoms with E-state index in [0.29, 0.717) is 19.6 Å². The molecule has 2 aliphatic heterocycles. The van der Waals surface area contributed by atoms with Gasteiger partial charge in [0.15, 0.2) is 0 Å². The van der Waals surface area contributed by atoms with E-state index in [1.165, 1.54) is 17.7 Å². The maximum atomic E-state index is 12.3. The average Bonchev–Trinajstić information content (AvgIpc) is 2.55. The smallest absolute Gasteiger partial charge is 0.318 e. The topological polar surface area (TPSA) is 64.7 Å². The molecule has 0 bridgehead atoms. The van der Waals surface area contributed by atoms with E-state index in [-0.39, 0.29) is 11.9 Å². The average molecular weight is 316 g/mol. The molecule has 0 aliphatic carbocycles. The van der Waals surface area contributed by atoms with Gasteiger partial charge in [-0.15, -0.1) is 0 Å². The maximum absolute atomic E-state index is 12.3. The number of hydrogen-bond acceptors (Lipinski definition) is 3. The first kappa shape index (κ1) is 15.6. The van der Waals surface area contributed by atoms with Crippen molar-refractivity contribution in [2.75, 3.05) is 31.6 Å². The molecule has 6 nitrogen and oxygen atoms in total. The van der Waals surface area contributed by atoms with E-state index in [4.69, 9.17) is 0 Å². The predicted octanol–water partition coefficient (Wildman–Crippen LogP) is 1.10. The van der Waals surface area contributed by atoms with Crippen molar-refractivity contribution in [2.45, 2.75) is 32.4 Å². The van der Waals surface area contributed by atoms with Gasteiger partial charge in [-0.1, -0.05) is 12.1 Å². The Balaban J connectivity index is 1.62. The summed E-state index contributed by atoms with van der Waals surface area (Å²) in [5, 5.41) is 5.69. The number of carbonyl (C=O) groups is 2. The van der Waals surface area contributed by atoms with E-state index < -0.39 is 6.04 Å². The van der Waals surface area contributed by atoms with Crippen molar-refractivity contribution in [2.24, 2.45) is 0 Å². The summed E-state index contributed by atoms with van der Waals surface area (Å²) < 4.78 is 0. The van der Waals surface area contributed by atoms with Crippen LogP contribution in [0.3, 0.4) is 0 Å². The number of anilines is 1. The zero-order chi connectivity index (χ0) is 16.4. The van der Waals surface area contributed by atoms with Gasteiger partial charge in [0.1, 0.15) is 6.04 Å². The lowest BCUT2D eigenvalue weighted by atomic mass is 9.99. The van der Waals surface area contributed by atoms with Gasteiger partial charge < -0.3 is 20.4 Å². The van der Waals surface area contributed by atoms with Crippen LogP contribution >= 0.6 is 0 Å². The third-order valence-electron chi connectivity index (χ3n) is 4.70. The highest BCUT2D eigenvalue weighted by molar-refractivity contribution is 5.87. The van der Waals surface area contributed by atoms with Crippen molar-refractivity contribution >= 4 is 17.6 Å². The highest BCUT2D eigenvalue weighted by Crippen LogP contribution is 2.26. The van der Waals surface area contributed by atoms with Crippen LogP contribution in [0.5, 0.6) is 0 Å². The standard InChI is InChI=1S/C17H24N4O2/c1-12-16(22)18-7-9-21(12)17(23)19-11-13-5-6-15-14(10-13)4-3-8-20(15)2/h5-6,10,12H,3-4,7-9,11H2,1-2H3,(H,18,22)(H,19,23)/t12-/m0/s1. The predicted molar refractivity (Wildman–Crippen MR) is 89.4 cm³/mol. The largest absolute Gasteiger partial charge is 0.374 e. The first-order valence-corrected chi connectivity index (χ1v) is 8.21. The summed E-state index contributed by atoms with van der Waals surface area (Å²) in [6, 6.07) is 5.78. The number of carbonyl (C=O) groups excluding carboxylic acids is 2. The number of fused-ring (bicyclic) bond motifs is 1. The third-order valence-corrected chi connectivity index (χ3v) is 4.70. The lowest BCUT2D eigenvalue weighted by molar-refractivity contribution is -0.126. The second-order valence-corrected chi connectivity index (χ2v) is 6.31. The quantitative estimate of drug-likeness (QED) is 0.859. The number of nitrogens with zero attached hydrogens (tertiary/aromatic N) is 2. The van der Waals surface area contributed by atoms with Crippen LogP contribution in [0, 0.1) is 0 Å². The van der Waals surface area contributed by atoms with E-state index in [1.807, 2.05) is 0 Å². The monoisotopic (exact) mass is 316 g/mol. The molecule has 0 unspecified atom stereocenters. The molecule has 1 aromatic rings. The van der Waals surface area contributed by atoms with Gasteiger partial charge in [-0.3, -0.25) is 4.79 Å². The minimum absolute atomic E-state index is 0.0942. The molecule has 0 saturated carbocycles. The van der Waals surface area contributed by atoms with Crippen LogP contribution in [0.1, 0.15) is 24.5 Å². The van der Waals surface area contributed by atoms with Crippen molar-refractivity contribution in [1.82, 2.24) is 15.5 Å². The fourth-order valence-corrected chi connectivity index (χ4v) is 3.29. The molecular formula is C17H24N4O2. The fourth-order valence-electron chi connectivity index (χ4n) is 3.29. The van der Waals surface area contributed by atoms with E-state index in [2.05, 4.69) is 40.8 Å². The number of hydrogen-bond donors (Lipinski definition) is 2. The molecule has 1 saturated heterocycles. The van der Waals surface area contributed by atoms with E-state index in [9.17, 15) is 9.59 Å². The molecule has 6 heteroatoms. The molecule has 23 heavy (non-hydrogen) atoms. The number of aryl methyl sites for hydroxylation is 1. The number of rotatable bonds is 2. The van der Waals surface area contributed by atoms with Crippen LogP contribution in [0.25, 0.3) is 0 Å². The minimum Gasteiger partial charge on any atom is -0.374 e. The van der Waals surface area contributed by atoms with E-state index in [0.717, 1.165) is 18.5 Å². The summed E-state index contributed by atoms with van der Waals surface area (Å²) in [5.74, 6) is -0.0942. The molecule has 124 valence electrons. The Morgan fingerprint density at radius 1 is 1.39 bits per heavy atom. The second-order valence-electron chi connectivity index (χ2n) is 6.31. The lowest BCUT2D eigenvalue weighted by Crippen LogP contribution is -2.58. The van der Waals surface area contributed by atoms with Crippen LogP contribution < -0.4 is 15.5 Å². The molecule has 2 aliphatic rings. The van der Waals surface area contributed by atoms with Gasteiger partial charge in [0.2, 0.25) is 5.91 Å². The SMILES string of the molecule is C[C@H]1C(=O)NCCN1C(=O)NCc1ccc2c(c1)CCCN2C. The van der Waals surface area contributed by atoms with Gasteiger partial charge in [0.25, 0.3) is 0 Å². The lowest BCUT2D eigenvalue weighted by Gasteiger charge is -2.32. The molecule has 1 atom stereocenters.